The van der Waals surface area contributed by atoms with E-state index in [1.807, 2.05) is 25.1 Å². The minimum atomic E-state index is -0.644. The van der Waals surface area contributed by atoms with Gasteiger partial charge in [-0.3, -0.25) is 0 Å². The number of anilines is 1. The maximum atomic E-state index is 11.3. The quantitative estimate of drug-likeness (QED) is 0.751. The van der Waals surface area contributed by atoms with Gasteiger partial charge in [0.05, 0.1) is 19.8 Å². The van der Waals surface area contributed by atoms with Crippen molar-refractivity contribution in [1.29, 1.82) is 0 Å². The fourth-order valence-corrected chi connectivity index (χ4v) is 6.21. The third-order valence-corrected chi connectivity index (χ3v) is 7.62. The maximum Gasteiger partial charge on any atom is 0.124 e. The molecule has 4 heteroatoms. The molecule has 0 aliphatic heterocycles. The number of aliphatic hydroxyl groups is 1. The van der Waals surface area contributed by atoms with E-state index in [0.717, 1.165) is 36.6 Å². The number of fused-ring (bicyclic) bond motifs is 1. The zero-order valence-electron chi connectivity index (χ0n) is 17.9. The second kappa shape index (κ2) is 7.20. The Labute approximate surface area is 164 Å². The van der Waals surface area contributed by atoms with Crippen LogP contribution in [0, 0.1) is 22.7 Å². The van der Waals surface area contributed by atoms with Gasteiger partial charge in [-0.1, -0.05) is 27.2 Å². The van der Waals surface area contributed by atoms with E-state index in [9.17, 15) is 5.11 Å². The van der Waals surface area contributed by atoms with Crippen molar-refractivity contribution in [2.24, 2.45) is 22.7 Å². The molecule has 3 rings (SSSR count). The van der Waals surface area contributed by atoms with E-state index in [1.54, 1.807) is 14.2 Å². The van der Waals surface area contributed by atoms with Gasteiger partial charge in [0.25, 0.3) is 0 Å². The van der Waals surface area contributed by atoms with Crippen LogP contribution >= 0.6 is 0 Å². The molecule has 4 nitrogen and oxygen atoms in total. The first-order chi connectivity index (χ1) is 12.6. The molecule has 2 aliphatic carbocycles. The topological polar surface area (TPSA) is 50.7 Å². The SMILES string of the molecule is COc1cc(NCC2[C@](C)(O)CC[C@H]3C(C)(C)CCC[C@]23C)cc(OC)c1. The van der Waals surface area contributed by atoms with Crippen LogP contribution in [0.3, 0.4) is 0 Å². The molecule has 152 valence electrons. The number of hydrogen-bond acceptors (Lipinski definition) is 4. The third kappa shape index (κ3) is 3.78. The first-order valence-corrected chi connectivity index (χ1v) is 10.3. The van der Waals surface area contributed by atoms with E-state index in [2.05, 4.69) is 26.1 Å². The standard InChI is InChI=1S/C23H37NO3/c1-21(2)9-7-10-22(3)19(21)8-11-23(4,25)20(22)15-24-16-12-17(26-5)14-18(13-16)27-6/h12-14,19-20,24-25H,7-11,15H2,1-6H3/t19-,20?,22-,23+/m0/s1. The summed E-state index contributed by atoms with van der Waals surface area (Å²) in [6, 6.07) is 5.86. The molecule has 1 aromatic carbocycles. The molecule has 0 radical (unpaired) electrons. The molecular formula is C23H37NO3. The lowest BCUT2D eigenvalue weighted by Crippen LogP contribution is -2.59. The van der Waals surface area contributed by atoms with Crippen LogP contribution < -0.4 is 14.8 Å². The number of hydrogen-bond donors (Lipinski definition) is 2. The molecule has 27 heavy (non-hydrogen) atoms. The van der Waals surface area contributed by atoms with Crippen LogP contribution in [0.2, 0.25) is 0 Å². The fraction of sp³-hybridized carbons (Fsp3) is 0.739. The first kappa shape index (κ1) is 20.3. The molecule has 0 aromatic heterocycles. The Morgan fingerprint density at radius 1 is 1.00 bits per heavy atom. The third-order valence-electron chi connectivity index (χ3n) is 7.62. The minimum absolute atomic E-state index is 0.152. The van der Waals surface area contributed by atoms with Crippen molar-refractivity contribution in [2.45, 2.75) is 65.4 Å². The lowest BCUT2D eigenvalue weighted by molar-refractivity contribution is -0.161. The predicted molar refractivity (Wildman–Crippen MR) is 111 cm³/mol. The van der Waals surface area contributed by atoms with Crippen molar-refractivity contribution >= 4 is 5.69 Å². The van der Waals surface area contributed by atoms with E-state index < -0.39 is 5.60 Å². The summed E-state index contributed by atoms with van der Waals surface area (Å²) < 4.78 is 10.8. The highest BCUT2D eigenvalue weighted by Gasteiger charge is 2.57. The van der Waals surface area contributed by atoms with Gasteiger partial charge in [0.2, 0.25) is 0 Å². The molecule has 2 aliphatic rings. The number of benzene rings is 1. The Morgan fingerprint density at radius 2 is 1.63 bits per heavy atom. The molecule has 2 saturated carbocycles. The zero-order valence-corrected chi connectivity index (χ0v) is 17.9. The van der Waals surface area contributed by atoms with Gasteiger partial charge >= 0.3 is 0 Å². The molecule has 4 atom stereocenters. The number of ether oxygens (including phenoxy) is 2. The Bertz CT molecular complexity index is 647. The Kier molecular flexibility index (Phi) is 5.42. The van der Waals surface area contributed by atoms with Gasteiger partial charge in [0.15, 0.2) is 0 Å². The van der Waals surface area contributed by atoms with Crippen molar-refractivity contribution in [3.63, 3.8) is 0 Å². The average Bonchev–Trinajstić information content (AvgIpc) is 2.59. The lowest BCUT2D eigenvalue weighted by atomic mass is 9.45. The van der Waals surface area contributed by atoms with E-state index in [4.69, 9.17) is 9.47 Å². The number of rotatable bonds is 5. The fourth-order valence-electron chi connectivity index (χ4n) is 6.21. The van der Waals surface area contributed by atoms with E-state index in [0.29, 0.717) is 11.3 Å². The highest BCUT2D eigenvalue weighted by molar-refractivity contribution is 5.53. The molecule has 2 N–H and O–H groups in total. The summed E-state index contributed by atoms with van der Waals surface area (Å²) in [6.07, 6.45) is 5.75. The molecule has 0 saturated heterocycles. The minimum Gasteiger partial charge on any atom is -0.497 e. The summed E-state index contributed by atoms with van der Waals surface area (Å²) >= 11 is 0. The van der Waals surface area contributed by atoms with Crippen LogP contribution in [0.15, 0.2) is 18.2 Å². The van der Waals surface area contributed by atoms with Crippen molar-refractivity contribution in [3.05, 3.63) is 18.2 Å². The number of methoxy groups -OCH3 is 2. The highest BCUT2D eigenvalue weighted by atomic mass is 16.5. The smallest absolute Gasteiger partial charge is 0.124 e. The second-order valence-corrected chi connectivity index (χ2v) is 9.83. The van der Waals surface area contributed by atoms with Gasteiger partial charge in [0.1, 0.15) is 11.5 Å². The first-order valence-electron chi connectivity index (χ1n) is 10.3. The summed E-state index contributed by atoms with van der Waals surface area (Å²) in [5, 5.41) is 14.9. The molecule has 1 unspecified atom stereocenters. The summed E-state index contributed by atoms with van der Waals surface area (Å²) in [5.74, 6) is 2.41. The van der Waals surface area contributed by atoms with Crippen LogP contribution in [0.25, 0.3) is 0 Å². The van der Waals surface area contributed by atoms with E-state index in [1.165, 1.54) is 19.3 Å². The van der Waals surface area contributed by atoms with Crippen LogP contribution in [0.1, 0.15) is 59.8 Å². The predicted octanol–water partition coefficient (Wildman–Crippen LogP) is 5.11. The monoisotopic (exact) mass is 375 g/mol. The van der Waals surface area contributed by atoms with Crippen LogP contribution in [-0.2, 0) is 0 Å². The largest absolute Gasteiger partial charge is 0.497 e. The lowest BCUT2D eigenvalue weighted by Gasteiger charge is -2.61. The van der Waals surface area contributed by atoms with Crippen LogP contribution in [0.5, 0.6) is 11.5 Å². The van der Waals surface area contributed by atoms with Gasteiger partial charge in [-0.2, -0.15) is 0 Å². The molecule has 0 amide bonds. The molecule has 0 heterocycles. The molecule has 2 fully saturated rings. The molecule has 0 spiro atoms. The normalized spacial score (nSPS) is 35.2. The Morgan fingerprint density at radius 3 is 2.22 bits per heavy atom. The van der Waals surface area contributed by atoms with Gasteiger partial charge in [-0.25, -0.2) is 0 Å². The van der Waals surface area contributed by atoms with Gasteiger partial charge in [-0.05, 0) is 49.4 Å². The Hall–Kier alpha value is -1.42. The van der Waals surface area contributed by atoms with Crippen molar-refractivity contribution < 1.29 is 14.6 Å². The van der Waals surface area contributed by atoms with Crippen LogP contribution in [-0.4, -0.2) is 31.5 Å². The van der Waals surface area contributed by atoms with Crippen LogP contribution in [0.4, 0.5) is 5.69 Å². The van der Waals surface area contributed by atoms with E-state index >= 15 is 0 Å². The second-order valence-electron chi connectivity index (χ2n) is 9.83. The van der Waals surface area contributed by atoms with Crippen molar-refractivity contribution in [1.82, 2.24) is 0 Å². The van der Waals surface area contributed by atoms with Gasteiger partial charge in [0, 0.05) is 36.3 Å². The summed E-state index contributed by atoms with van der Waals surface area (Å²) in [7, 11) is 3.33. The zero-order chi connectivity index (χ0) is 19.9. The summed E-state index contributed by atoms with van der Waals surface area (Å²) in [6.45, 7) is 10.1. The summed E-state index contributed by atoms with van der Waals surface area (Å²) in [5.41, 5.74) is 0.831. The Balaban J connectivity index is 1.85. The molecule has 0 bridgehead atoms. The summed E-state index contributed by atoms with van der Waals surface area (Å²) in [4.78, 5) is 0. The van der Waals surface area contributed by atoms with Gasteiger partial charge in [-0.15, -0.1) is 0 Å². The van der Waals surface area contributed by atoms with Crippen molar-refractivity contribution in [2.75, 3.05) is 26.1 Å². The molecular weight excluding hydrogens is 338 g/mol. The average molecular weight is 376 g/mol. The highest BCUT2D eigenvalue weighted by Crippen LogP contribution is 2.61. The van der Waals surface area contributed by atoms with E-state index in [-0.39, 0.29) is 11.3 Å². The number of nitrogens with one attached hydrogen (secondary N) is 1. The molecule has 1 aromatic rings. The van der Waals surface area contributed by atoms with Crippen molar-refractivity contribution in [3.8, 4) is 11.5 Å². The van der Waals surface area contributed by atoms with Gasteiger partial charge < -0.3 is 19.9 Å². The maximum absolute atomic E-state index is 11.3.